The highest BCUT2D eigenvalue weighted by Crippen LogP contribution is 2.21. The van der Waals surface area contributed by atoms with Crippen molar-refractivity contribution in [2.24, 2.45) is 0 Å². The average molecular weight is 336 g/mol. The number of carbonyl (C=O) groups excluding carboxylic acids is 2. The molecule has 0 saturated carbocycles. The van der Waals surface area contributed by atoms with Crippen LogP contribution in [0.3, 0.4) is 0 Å². The number of hydrogen-bond acceptors (Lipinski definition) is 5. The van der Waals surface area contributed by atoms with Crippen LogP contribution in [-0.4, -0.2) is 17.0 Å². The van der Waals surface area contributed by atoms with E-state index in [1.165, 1.54) is 0 Å². The van der Waals surface area contributed by atoms with Gasteiger partial charge in [-0.3, -0.25) is 4.79 Å². The average Bonchev–Trinajstić information content (AvgIpc) is 3.05. The smallest absolute Gasteiger partial charge is 0.339 e. The zero-order valence-corrected chi connectivity index (χ0v) is 13.5. The highest BCUT2D eigenvalue weighted by molar-refractivity contribution is 5.97. The Morgan fingerprint density at radius 1 is 1.04 bits per heavy atom. The van der Waals surface area contributed by atoms with Crippen LogP contribution in [0.4, 0.5) is 5.82 Å². The van der Waals surface area contributed by atoms with Crippen LogP contribution in [0.15, 0.2) is 71.3 Å². The molecule has 0 aliphatic carbocycles. The Kier molecular flexibility index (Phi) is 4.89. The molecule has 3 aromatic rings. The fourth-order valence-corrected chi connectivity index (χ4v) is 2.27. The predicted octanol–water partition coefficient (Wildman–Crippen LogP) is 3.52. The molecule has 0 saturated heterocycles. The maximum Gasteiger partial charge on any atom is 0.339 e. The van der Waals surface area contributed by atoms with E-state index >= 15 is 0 Å². The van der Waals surface area contributed by atoms with Crippen molar-refractivity contribution in [3.05, 3.63) is 83.6 Å². The third kappa shape index (κ3) is 4.11. The molecule has 0 spiro atoms. The number of hydrogen-bond donors (Lipinski definition) is 1. The first-order valence-electron chi connectivity index (χ1n) is 7.68. The molecule has 0 aliphatic rings. The minimum atomic E-state index is -1.11. The van der Waals surface area contributed by atoms with Gasteiger partial charge in [0.15, 0.2) is 5.82 Å². The molecule has 1 atom stereocenters. The van der Waals surface area contributed by atoms with Gasteiger partial charge in [0.05, 0.1) is 5.56 Å². The minimum Gasteiger partial charge on any atom is -0.444 e. The van der Waals surface area contributed by atoms with E-state index in [0.29, 0.717) is 16.9 Å². The van der Waals surface area contributed by atoms with Gasteiger partial charge >= 0.3 is 5.97 Å². The van der Waals surface area contributed by atoms with Crippen molar-refractivity contribution >= 4 is 17.7 Å². The Labute approximate surface area is 144 Å². The molecule has 3 rings (SSSR count). The Bertz CT molecular complexity index is 859. The number of aryl methyl sites for hydroxylation is 1. The first-order chi connectivity index (χ1) is 12.1. The zero-order chi connectivity index (χ0) is 17.6. The highest BCUT2D eigenvalue weighted by Gasteiger charge is 2.26. The lowest BCUT2D eigenvalue weighted by Gasteiger charge is -2.17. The molecular weight excluding hydrogens is 320 g/mol. The number of nitrogens with zero attached hydrogens (tertiary/aromatic N) is 1. The van der Waals surface area contributed by atoms with E-state index < -0.39 is 18.0 Å². The maximum absolute atomic E-state index is 12.6. The molecule has 0 bridgehead atoms. The predicted molar refractivity (Wildman–Crippen MR) is 90.9 cm³/mol. The van der Waals surface area contributed by atoms with E-state index in [9.17, 15) is 9.59 Å². The fraction of sp³-hybridized carbons (Fsp3) is 0.105. The van der Waals surface area contributed by atoms with Crippen LogP contribution < -0.4 is 5.32 Å². The number of benzene rings is 2. The van der Waals surface area contributed by atoms with Crippen molar-refractivity contribution in [1.82, 2.24) is 5.16 Å². The summed E-state index contributed by atoms with van der Waals surface area (Å²) in [4.78, 5) is 25.0. The van der Waals surface area contributed by atoms with Gasteiger partial charge in [-0.15, -0.1) is 0 Å². The molecule has 1 aromatic heterocycles. The summed E-state index contributed by atoms with van der Waals surface area (Å²) in [7, 11) is 0. The number of rotatable bonds is 5. The summed E-state index contributed by atoms with van der Waals surface area (Å²) in [6, 6.07) is 18.9. The molecule has 0 aliphatic heterocycles. The van der Waals surface area contributed by atoms with Gasteiger partial charge in [-0.25, -0.2) is 4.79 Å². The molecule has 0 fully saturated rings. The first-order valence-corrected chi connectivity index (χ1v) is 7.68. The van der Waals surface area contributed by atoms with E-state index in [4.69, 9.17) is 9.26 Å². The van der Waals surface area contributed by atoms with Crippen LogP contribution in [0.2, 0.25) is 0 Å². The maximum atomic E-state index is 12.6. The number of carbonyl (C=O) groups is 2. The van der Waals surface area contributed by atoms with Gasteiger partial charge in [0.25, 0.3) is 5.91 Å². The van der Waals surface area contributed by atoms with Crippen molar-refractivity contribution < 1.29 is 18.8 Å². The zero-order valence-electron chi connectivity index (χ0n) is 13.5. The number of aromatic nitrogens is 1. The summed E-state index contributed by atoms with van der Waals surface area (Å²) < 4.78 is 10.4. The summed E-state index contributed by atoms with van der Waals surface area (Å²) in [5, 5.41) is 6.32. The number of ether oxygens (including phenoxy) is 1. The van der Waals surface area contributed by atoms with Crippen LogP contribution in [0.1, 0.15) is 27.8 Å². The van der Waals surface area contributed by atoms with E-state index in [2.05, 4.69) is 10.5 Å². The van der Waals surface area contributed by atoms with Crippen LogP contribution >= 0.6 is 0 Å². The number of amides is 1. The van der Waals surface area contributed by atoms with Gasteiger partial charge in [0, 0.05) is 11.6 Å². The molecule has 6 heteroatoms. The van der Waals surface area contributed by atoms with Crippen LogP contribution in [0, 0.1) is 6.92 Å². The molecule has 2 aromatic carbocycles. The van der Waals surface area contributed by atoms with Gasteiger partial charge in [0.2, 0.25) is 6.10 Å². The second kappa shape index (κ2) is 7.44. The summed E-state index contributed by atoms with van der Waals surface area (Å²) in [5.41, 5.74) is 0.929. The summed E-state index contributed by atoms with van der Waals surface area (Å²) in [6.07, 6.45) is -1.11. The second-order valence-electron chi connectivity index (χ2n) is 5.37. The largest absolute Gasteiger partial charge is 0.444 e. The molecule has 0 unspecified atom stereocenters. The van der Waals surface area contributed by atoms with Gasteiger partial charge in [-0.05, 0) is 19.1 Å². The fourth-order valence-electron chi connectivity index (χ4n) is 2.27. The van der Waals surface area contributed by atoms with Gasteiger partial charge in [0.1, 0.15) is 5.76 Å². The molecule has 25 heavy (non-hydrogen) atoms. The van der Waals surface area contributed by atoms with Crippen molar-refractivity contribution in [3.8, 4) is 0 Å². The van der Waals surface area contributed by atoms with E-state index in [1.54, 1.807) is 67.6 Å². The standard InChI is InChI=1S/C19H16N2O4/c1-13-12-16(21-25-13)20-18(22)17(14-8-4-2-5-9-14)24-19(23)15-10-6-3-7-11-15/h2-12,17H,1H3,(H,20,21,22)/t17-/m1/s1. The van der Waals surface area contributed by atoms with Gasteiger partial charge in [-0.1, -0.05) is 53.7 Å². The second-order valence-corrected chi connectivity index (χ2v) is 5.37. The van der Waals surface area contributed by atoms with Gasteiger partial charge < -0.3 is 14.6 Å². The van der Waals surface area contributed by atoms with Crippen LogP contribution in [0.5, 0.6) is 0 Å². The quantitative estimate of drug-likeness (QED) is 0.721. The molecule has 1 amide bonds. The number of nitrogens with one attached hydrogen (secondary N) is 1. The van der Waals surface area contributed by atoms with Crippen molar-refractivity contribution in [1.29, 1.82) is 0 Å². The lowest BCUT2D eigenvalue weighted by atomic mass is 10.1. The summed E-state index contributed by atoms with van der Waals surface area (Å²) >= 11 is 0. The minimum absolute atomic E-state index is 0.263. The Morgan fingerprint density at radius 3 is 2.28 bits per heavy atom. The van der Waals surface area contributed by atoms with E-state index in [0.717, 1.165) is 0 Å². The van der Waals surface area contributed by atoms with Crippen molar-refractivity contribution in [3.63, 3.8) is 0 Å². The normalized spacial score (nSPS) is 11.6. The Balaban J connectivity index is 1.82. The number of esters is 1. The molecule has 1 N–H and O–H groups in total. The molecule has 126 valence electrons. The van der Waals surface area contributed by atoms with Crippen LogP contribution in [-0.2, 0) is 9.53 Å². The van der Waals surface area contributed by atoms with E-state index in [-0.39, 0.29) is 5.82 Å². The molecule has 6 nitrogen and oxygen atoms in total. The third-order valence-corrected chi connectivity index (χ3v) is 3.45. The summed E-state index contributed by atoms with van der Waals surface area (Å²) in [5.74, 6) is -0.267. The summed E-state index contributed by atoms with van der Waals surface area (Å²) in [6.45, 7) is 1.72. The molecular formula is C19H16N2O4. The van der Waals surface area contributed by atoms with Gasteiger partial charge in [-0.2, -0.15) is 0 Å². The lowest BCUT2D eigenvalue weighted by Crippen LogP contribution is -2.26. The highest BCUT2D eigenvalue weighted by atomic mass is 16.5. The molecule has 1 heterocycles. The van der Waals surface area contributed by atoms with Crippen molar-refractivity contribution in [2.75, 3.05) is 5.32 Å². The monoisotopic (exact) mass is 336 g/mol. The lowest BCUT2D eigenvalue weighted by molar-refractivity contribution is -0.125. The number of anilines is 1. The van der Waals surface area contributed by atoms with Crippen LogP contribution in [0.25, 0.3) is 0 Å². The topological polar surface area (TPSA) is 81.4 Å². The first kappa shape index (κ1) is 16.4. The third-order valence-electron chi connectivity index (χ3n) is 3.45. The molecule has 0 radical (unpaired) electrons. The Morgan fingerprint density at radius 2 is 1.68 bits per heavy atom. The van der Waals surface area contributed by atoms with Crippen molar-refractivity contribution in [2.45, 2.75) is 13.0 Å². The van der Waals surface area contributed by atoms with E-state index in [1.807, 2.05) is 6.07 Å². The Hall–Kier alpha value is -3.41. The SMILES string of the molecule is Cc1cc(NC(=O)[C@H](OC(=O)c2ccccc2)c2ccccc2)no1.